The van der Waals surface area contributed by atoms with Crippen molar-refractivity contribution in [3.63, 3.8) is 0 Å². The molecular formula is C14H17F2NO3S. The first-order chi connectivity index (χ1) is 9.81. The second-order valence-electron chi connectivity index (χ2n) is 4.59. The number of hydrogen-bond donors (Lipinski definition) is 2. The monoisotopic (exact) mass is 317 g/mol. The van der Waals surface area contributed by atoms with Crippen LogP contribution in [-0.2, 0) is 10.0 Å². The molecule has 7 heteroatoms. The molecule has 1 aromatic rings. The van der Waals surface area contributed by atoms with Gasteiger partial charge in [0.1, 0.15) is 23.1 Å². The summed E-state index contributed by atoms with van der Waals surface area (Å²) in [4.78, 5) is -0.701. The summed E-state index contributed by atoms with van der Waals surface area (Å²) in [7, 11) is -4.15. The number of aliphatic hydroxyl groups is 1. The maximum atomic E-state index is 13.9. The van der Waals surface area contributed by atoms with Crippen molar-refractivity contribution < 1.29 is 22.3 Å². The zero-order chi connectivity index (χ0) is 16.0. The summed E-state index contributed by atoms with van der Waals surface area (Å²) in [5, 5.41) is 8.64. The molecule has 0 aliphatic carbocycles. The average molecular weight is 317 g/mol. The Morgan fingerprint density at radius 3 is 2.62 bits per heavy atom. The quantitative estimate of drug-likeness (QED) is 0.811. The van der Waals surface area contributed by atoms with Gasteiger partial charge in [-0.1, -0.05) is 32.1 Å². The van der Waals surface area contributed by atoms with Gasteiger partial charge in [-0.05, 0) is 12.0 Å². The maximum Gasteiger partial charge on any atom is 0.244 e. The van der Waals surface area contributed by atoms with Crippen LogP contribution in [-0.4, -0.2) is 26.7 Å². The molecular weight excluding hydrogens is 300 g/mol. The molecule has 1 unspecified atom stereocenters. The van der Waals surface area contributed by atoms with E-state index in [1.54, 1.807) is 0 Å². The minimum absolute atomic E-state index is 0.0789. The molecule has 1 atom stereocenters. The normalized spacial score (nSPS) is 12.6. The molecule has 0 bridgehead atoms. The highest BCUT2D eigenvalue weighted by molar-refractivity contribution is 7.89. The van der Waals surface area contributed by atoms with E-state index in [9.17, 15) is 17.2 Å². The zero-order valence-corrected chi connectivity index (χ0v) is 12.6. The third-order valence-electron chi connectivity index (χ3n) is 2.90. The van der Waals surface area contributed by atoms with Crippen molar-refractivity contribution in [1.29, 1.82) is 0 Å². The van der Waals surface area contributed by atoms with Crippen molar-refractivity contribution in [3.05, 3.63) is 29.3 Å². The van der Waals surface area contributed by atoms with Gasteiger partial charge in [-0.2, -0.15) is 0 Å². The van der Waals surface area contributed by atoms with Crippen LogP contribution in [0.25, 0.3) is 0 Å². The largest absolute Gasteiger partial charge is 0.384 e. The summed E-state index contributed by atoms with van der Waals surface area (Å²) in [5.41, 5.74) is -0.321. The second kappa shape index (κ2) is 7.50. The summed E-state index contributed by atoms with van der Waals surface area (Å²) in [6.45, 7) is 3.34. The van der Waals surface area contributed by atoms with Gasteiger partial charge in [0.2, 0.25) is 10.0 Å². The highest BCUT2D eigenvalue weighted by atomic mass is 32.2. The van der Waals surface area contributed by atoms with Crippen LogP contribution in [0.4, 0.5) is 8.78 Å². The first-order valence-corrected chi connectivity index (χ1v) is 7.88. The highest BCUT2D eigenvalue weighted by Gasteiger charge is 2.24. The lowest BCUT2D eigenvalue weighted by Gasteiger charge is -2.12. The van der Waals surface area contributed by atoms with E-state index >= 15 is 0 Å². The molecule has 0 spiro atoms. The number of hydrogen-bond acceptors (Lipinski definition) is 3. The summed E-state index contributed by atoms with van der Waals surface area (Å²) >= 11 is 0. The number of rotatable bonds is 5. The molecule has 21 heavy (non-hydrogen) atoms. The molecule has 0 aliphatic heterocycles. The van der Waals surface area contributed by atoms with Gasteiger partial charge in [-0.15, -0.1) is 0 Å². The van der Waals surface area contributed by atoms with Gasteiger partial charge in [0.25, 0.3) is 0 Å². The Bertz CT molecular complexity index is 663. The van der Waals surface area contributed by atoms with Crippen LogP contribution in [0.15, 0.2) is 17.0 Å². The molecule has 0 saturated carbocycles. The van der Waals surface area contributed by atoms with E-state index in [2.05, 4.69) is 16.6 Å². The Morgan fingerprint density at radius 1 is 1.38 bits per heavy atom. The molecule has 0 aromatic heterocycles. The van der Waals surface area contributed by atoms with Gasteiger partial charge in [0.05, 0.1) is 5.56 Å². The molecule has 0 radical (unpaired) electrons. The zero-order valence-electron chi connectivity index (χ0n) is 11.8. The lowest BCUT2D eigenvalue weighted by molar-refractivity contribution is 0.350. The predicted octanol–water partition coefficient (Wildman–Crippen LogP) is 1.63. The fourth-order valence-electron chi connectivity index (χ4n) is 1.53. The molecule has 4 nitrogen and oxygen atoms in total. The van der Waals surface area contributed by atoms with Crippen LogP contribution in [0.1, 0.15) is 25.8 Å². The fourth-order valence-corrected chi connectivity index (χ4v) is 2.89. The number of aliphatic hydroxyl groups excluding tert-OH is 1. The molecule has 0 saturated heterocycles. The van der Waals surface area contributed by atoms with E-state index in [1.807, 2.05) is 13.8 Å². The third-order valence-corrected chi connectivity index (χ3v) is 4.40. The Morgan fingerprint density at radius 2 is 2.05 bits per heavy atom. The van der Waals surface area contributed by atoms with Gasteiger partial charge in [0, 0.05) is 12.6 Å². The van der Waals surface area contributed by atoms with Gasteiger partial charge >= 0.3 is 0 Å². The van der Waals surface area contributed by atoms with Crippen LogP contribution in [0, 0.1) is 29.4 Å². The van der Waals surface area contributed by atoms with E-state index in [-0.39, 0.29) is 18.0 Å². The average Bonchev–Trinajstić information content (AvgIpc) is 2.41. The molecule has 2 N–H and O–H groups in total. The summed E-state index contributed by atoms with van der Waals surface area (Å²) < 4.78 is 53.7. The number of halogens is 2. The Balaban J connectivity index is 3.27. The number of nitrogens with one attached hydrogen (secondary N) is 1. The van der Waals surface area contributed by atoms with E-state index in [0.717, 1.165) is 12.5 Å². The Kier molecular flexibility index (Phi) is 6.27. The van der Waals surface area contributed by atoms with E-state index < -0.39 is 33.2 Å². The van der Waals surface area contributed by atoms with Crippen molar-refractivity contribution in [1.82, 2.24) is 4.72 Å². The van der Waals surface area contributed by atoms with Crippen LogP contribution >= 0.6 is 0 Å². The van der Waals surface area contributed by atoms with Gasteiger partial charge in [-0.25, -0.2) is 21.9 Å². The summed E-state index contributed by atoms with van der Waals surface area (Å²) in [6.07, 6.45) is 0.756. The molecule has 116 valence electrons. The van der Waals surface area contributed by atoms with Crippen LogP contribution in [0.3, 0.4) is 0 Å². The van der Waals surface area contributed by atoms with E-state index in [1.165, 1.54) is 0 Å². The molecule has 0 fully saturated rings. The van der Waals surface area contributed by atoms with Crippen LogP contribution in [0.5, 0.6) is 0 Å². The molecule has 0 amide bonds. The number of sulfonamides is 1. The number of benzene rings is 1. The second-order valence-corrected chi connectivity index (χ2v) is 6.29. The molecule has 0 aliphatic rings. The fraction of sp³-hybridized carbons (Fsp3) is 0.429. The van der Waals surface area contributed by atoms with E-state index in [0.29, 0.717) is 6.07 Å². The minimum Gasteiger partial charge on any atom is -0.384 e. The molecule has 0 heterocycles. The van der Waals surface area contributed by atoms with Crippen molar-refractivity contribution in [2.75, 3.05) is 13.2 Å². The minimum atomic E-state index is -4.15. The topological polar surface area (TPSA) is 66.4 Å². The van der Waals surface area contributed by atoms with Gasteiger partial charge in [-0.3, -0.25) is 0 Å². The van der Waals surface area contributed by atoms with Gasteiger partial charge in [0.15, 0.2) is 0 Å². The highest BCUT2D eigenvalue weighted by Crippen LogP contribution is 2.21. The summed E-state index contributed by atoms with van der Waals surface area (Å²) in [6, 6.07) is 1.31. The Labute approximate surface area is 123 Å². The first kappa shape index (κ1) is 17.6. The van der Waals surface area contributed by atoms with Crippen LogP contribution in [0.2, 0.25) is 0 Å². The third kappa shape index (κ3) is 4.77. The van der Waals surface area contributed by atoms with E-state index in [4.69, 9.17) is 5.11 Å². The SMILES string of the molecule is CCC(C)CNS(=O)(=O)c1c(F)cc(F)cc1C#CCO. The van der Waals surface area contributed by atoms with Crippen molar-refractivity contribution >= 4 is 10.0 Å². The van der Waals surface area contributed by atoms with Crippen molar-refractivity contribution in [2.24, 2.45) is 5.92 Å². The lowest BCUT2D eigenvalue weighted by atomic mass is 10.1. The van der Waals surface area contributed by atoms with Crippen molar-refractivity contribution in [3.8, 4) is 11.8 Å². The lowest BCUT2D eigenvalue weighted by Crippen LogP contribution is -2.29. The summed E-state index contributed by atoms with van der Waals surface area (Å²) in [5.74, 6) is 2.37. The van der Waals surface area contributed by atoms with Crippen LogP contribution < -0.4 is 4.72 Å². The van der Waals surface area contributed by atoms with Crippen molar-refractivity contribution in [2.45, 2.75) is 25.2 Å². The van der Waals surface area contributed by atoms with Gasteiger partial charge < -0.3 is 5.11 Å². The maximum absolute atomic E-state index is 13.9. The smallest absolute Gasteiger partial charge is 0.244 e. The molecule has 1 rings (SSSR count). The first-order valence-electron chi connectivity index (χ1n) is 6.40. The standard InChI is InChI=1S/C14H17F2NO3S/c1-3-10(2)9-17-21(19,20)14-11(5-4-6-18)7-12(15)8-13(14)16/h7-8,10,17-18H,3,6,9H2,1-2H3. The Hall–Kier alpha value is -1.49. The molecule has 1 aromatic carbocycles. The predicted molar refractivity (Wildman–Crippen MR) is 75.0 cm³/mol.